The van der Waals surface area contributed by atoms with Crippen LogP contribution in [-0.2, 0) is 33.3 Å². The summed E-state index contributed by atoms with van der Waals surface area (Å²) in [6, 6.07) is 15.5. The van der Waals surface area contributed by atoms with Crippen LogP contribution in [0.5, 0.6) is 11.5 Å². The number of methoxy groups -OCH3 is 1. The molecule has 14 heteroatoms. The number of aliphatic carboxylic acids is 1. The first-order chi connectivity index (χ1) is 31.6. The number of carboxylic acid groups (broad SMARTS) is 1. The van der Waals surface area contributed by atoms with Crippen molar-refractivity contribution in [3.8, 4) is 11.5 Å². The smallest absolute Gasteiger partial charge is 0.547 e. The van der Waals surface area contributed by atoms with Gasteiger partial charge in [-0.05, 0) is 178 Å². The average Bonchev–Trinajstić information content (AvgIpc) is 3.28. The molecule has 67 heavy (non-hydrogen) atoms. The molecule has 0 radical (unpaired) electrons. The quantitative estimate of drug-likeness (QED) is 0.246. The molecule has 0 aromatic heterocycles. The second kappa shape index (κ2) is 20.6. The third kappa shape index (κ3) is 10.2. The van der Waals surface area contributed by atoms with E-state index in [4.69, 9.17) is 28.4 Å². The number of benzene rings is 2. The van der Waals surface area contributed by atoms with Crippen molar-refractivity contribution < 1.29 is 92.8 Å². The number of ether oxygens (including phenoxy) is 6. The minimum Gasteiger partial charge on any atom is -0.547 e. The number of aliphatic hydroxyl groups excluding tert-OH is 3. The largest absolute Gasteiger partial charge is 1.00 e. The fraction of sp³-hybridized carbons (Fsp3) is 0.642. The van der Waals surface area contributed by atoms with E-state index in [-0.39, 0.29) is 41.4 Å². The van der Waals surface area contributed by atoms with E-state index in [9.17, 15) is 34.8 Å². The predicted molar refractivity (Wildman–Crippen MR) is 240 cm³/mol. The number of hydrogen-bond donors (Lipinski definition) is 3. The van der Waals surface area contributed by atoms with Crippen LogP contribution in [0.15, 0.2) is 59.7 Å². The standard InChI is InChI=1S/C29H38O6.C24H30O7.Na/c1-15-16(2)27(33-18(4)30)29(35-26(15)28(31)32-5)34-24-8-6-7-21(14-24)17(3)25-22-10-19-9-20(12-22)13-23(25)11-19;1-11(18-15-6-12-5-13(8-15)9-16(18)7-12)14-3-2-4-17(10-14)30-24-21(27)19(25)20(26)22(31-24)23(28)29;/h6-8,14-16,19-20,22-23,26-27,29H,9-13H2,1-5H3;2-4,10,12-13,15-16,19-22,24-27H,5-9H2,1H3,(H,28,29);/q;;+1/p-1. The maximum atomic E-state index is 12.4. The van der Waals surface area contributed by atoms with Crippen LogP contribution >= 0.6 is 0 Å². The summed E-state index contributed by atoms with van der Waals surface area (Å²) in [5.41, 5.74) is 8.08. The predicted octanol–water partition coefficient (Wildman–Crippen LogP) is 3.25. The summed E-state index contributed by atoms with van der Waals surface area (Å²) in [5.74, 6) is 4.59. The zero-order chi connectivity index (χ0) is 46.7. The summed E-state index contributed by atoms with van der Waals surface area (Å²) >= 11 is 0. The van der Waals surface area contributed by atoms with Crippen molar-refractivity contribution in [3.05, 3.63) is 70.8 Å². The zero-order valence-corrected chi connectivity index (χ0v) is 42.0. The number of carboxylic acids is 1. The Hall–Kier alpha value is -3.27. The van der Waals surface area contributed by atoms with Gasteiger partial charge in [-0.3, -0.25) is 4.79 Å². The van der Waals surface area contributed by atoms with Gasteiger partial charge in [0, 0.05) is 12.8 Å². The first-order valence-electron chi connectivity index (χ1n) is 24.3. The minimum absolute atomic E-state index is 0. The van der Waals surface area contributed by atoms with Crippen molar-refractivity contribution >= 4 is 29.1 Å². The van der Waals surface area contributed by atoms with Crippen LogP contribution in [0.1, 0.15) is 110 Å². The van der Waals surface area contributed by atoms with E-state index in [0.29, 0.717) is 23.3 Å². The van der Waals surface area contributed by atoms with Crippen LogP contribution in [0.25, 0.3) is 11.1 Å². The van der Waals surface area contributed by atoms with Crippen LogP contribution in [0.3, 0.4) is 0 Å². The Kier molecular flexibility index (Phi) is 15.4. The molecule has 13 nitrogen and oxygen atoms in total. The van der Waals surface area contributed by atoms with Crippen molar-refractivity contribution in [1.29, 1.82) is 0 Å². The van der Waals surface area contributed by atoms with Gasteiger partial charge in [0.15, 0.2) is 12.2 Å². The topological polar surface area (TPSA) is 190 Å². The maximum absolute atomic E-state index is 12.4. The van der Waals surface area contributed by atoms with Crippen molar-refractivity contribution in [1.82, 2.24) is 0 Å². The van der Waals surface area contributed by atoms with Gasteiger partial charge in [0.05, 0.1) is 13.1 Å². The number of allylic oxidation sites excluding steroid dienone is 4. The Morgan fingerprint density at radius 1 is 0.597 bits per heavy atom. The molecule has 2 saturated heterocycles. The molecule has 8 bridgehead atoms. The average molecular weight is 935 g/mol. The van der Waals surface area contributed by atoms with E-state index in [0.717, 1.165) is 46.6 Å². The third-order valence-electron chi connectivity index (χ3n) is 16.9. The van der Waals surface area contributed by atoms with E-state index in [1.165, 1.54) is 89.4 Å². The molecule has 3 N–H and O–H groups in total. The van der Waals surface area contributed by atoms with E-state index >= 15 is 0 Å². The third-order valence-corrected chi connectivity index (χ3v) is 16.9. The molecule has 358 valence electrons. The Morgan fingerprint density at radius 3 is 1.45 bits per heavy atom. The summed E-state index contributed by atoms with van der Waals surface area (Å²) in [4.78, 5) is 35.4. The van der Waals surface area contributed by atoms with Crippen molar-refractivity contribution in [3.63, 3.8) is 0 Å². The molecule has 12 rings (SSSR count). The van der Waals surface area contributed by atoms with Crippen molar-refractivity contribution in [2.75, 3.05) is 7.11 Å². The van der Waals surface area contributed by atoms with Gasteiger partial charge >= 0.3 is 41.5 Å². The summed E-state index contributed by atoms with van der Waals surface area (Å²) in [6.07, 6.45) is 2.75. The SMILES string of the molecule is CC(=C1C2CC3CC(C2)CC1C3)c1cccc(OC2OC(C(=O)[O-])C(O)C(O)C2O)c1.COC(=O)C1OC(Oc2cccc(C(C)=C3C4CC5CC(C4)CC3C5)c2)C(OC(C)=O)C(C)C1C.[Na+]. The molecule has 2 heterocycles. The van der Waals surface area contributed by atoms with Crippen molar-refractivity contribution in [2.45, 2.75) is 148 Å². The molecule has 10 fully saturated rings. The van der Waals surface area contributed by atoms with Crippen LogP contribution < -0.4 is 44.1 Å². The molecule has 10 atom stereocenters. The molecule has 0 amide bonds. The number of aliphatic hydroxyl groups is 3. The minimum atomic E-state index is -1.80. The molecule has 8 aliphatic carbocycles. The number of carbonyl (C=O) groups is 3. The molecule has 10 aliphatic rings. The normalized spacial score (nSPS) is 38.8. The summed E-state index contributed by atoms with van der Waals surface area (Å²) in [7, 11) is 1.35. The second-order valence-corrected chi connectivity index (χ2v) is 21.0. The number of rotatable bonds is 9. The van der Waals surface area contributed by atoms with Crippen LogP contribution in [0, 0.1) is 59.2 Å². The Morgan fingerprint density at radius 2 is 1.03 bits per heavy atom. The van der Waals surface area contributed by atoms with Gasteiger partial charge in [0.25, 0.3) is 0 Å². The summed E-state index contributed by atoms with van der Waals surface area (Å²) in [6.45, 7) is 9.65. The monoisotopic (exact) mass is 934 g/mol. The summed E-state index contributed by atoms with van der Waals surface area (Å²) in [5, 5.41) is 41.2. The van der Waals surface area contributed by atoms with Crippen molar-refractivity contribution in [2.24, 2.45) is 59.2 Å². The number of esters is 2. The second-order valence-electron chi connectivity index (χ2n) is 21.0. The molecule has 2 aromatic carbocycles. The molecule has 2 aromatic rings. The fourth-order valence-electron chi connectivity index (χ4n) is 14.0. The van der Waals surface area contributed by atoms with Crippen LogP contribution in [0.2, 0.25) is 0 Å². The van der Waals surface area contributed by atoms with Gasteiger partial charge in [-0.25, -0.2) is 4.79 Å². The first-order valence-corrected chi connectivity index (χ1v) is 24.3. The molecule has 10 unspecified atom stereocenters. The van der Waals surface area contributed by atoms with E-state index in [2.05, 4.69) is 26.0 Å². The van der Waals surface area contributed by atoms with E-state index < -0.39 is 67.1 Å². The van der Waals surface area contributed by atoms with E-state index in [1.54, 1.807) is 17.2 Å². The van der Waals surface area contributed by atoms with Gasteiger partial charge in [0.1, 0.15) is 35.9 Å². The van der Waals surface area contributed by atoms with Crippen LogP contribution in [-0.4, -0.2) is 89.5 Å². The Bertz CT molecular complexity index is 2160. The van der Waals surface area contributed by atoms with Crippen LogP contribution in [0.4, 0.5) is 0 Å². The summed E-state index contributed by atoms with van der Waals surface area (Å²) < 4.78 is 33.8. The van der Waals surface area contributed by atoms with E-state index in [1.807, 2.05) is 44.2 Å². The maximum Gasteiger partial charge on any atom is 1.00 e. The fourth-order valence-corrected chi connectivity index (χ4v) is 14.0. The molecular weight excluding hydrogens is 868 g/mol. The van der Waals surface area contributed by atoms with Gasteiger partial charge in [0.2, 0.25) is 12.6 Å². The molecule has 8 saturated carbocycles. The first kappa shape index (κ1) is 50.1. The van der Waals surface area contributed by atoms with Gasteiger partial charge < -0.3 is 53.6 Å². The molecular formula is C53H67NaO13. The zero-order valence-electron chi connectivity index (χ0n) is 40.0. The molecule has 2 aliphatic heterocycles. The number of hydrogen-bond acceptors (Lipinski definition) is 13. The number of carbonyl (C=O) groups excluding carboxylic acids is 3. The molecule has 0 spiro atoms. The Labute approximate surface area is 416 Å². The van der Waals surface area contributed by atoms with Gasteiger partial charge in [-0.2, -0.15) is 0 Å². The Balaban J connectivity index is 0.000000180. The van der Waals surface area contributed by atoms with Gasteiger partial charge in [-0.15, -0.1) is 0 Å². The van der Waals surface area contributed by atoms with Gasteiger partial charge in [-0.1, -0.05) is 49.3 Å².